The quantitative estimate of drug-likeness (QED) is 0.0272. The van der Waals surface area contributed by atoms with Crippen molar-refractivity contribution in [3.05, 3.63) is 0 Å². The van der Waals surface area contributed by atoms with Gasteiger partial charge in [-0.15, -0.1) is 0 Å². The van der Waals surface area contributed by atoms with Crippen molar-refractivity contribution in [1.82, 2.24) is 5.32 Å². The second-order valence-electron chi connectivity index (χ2n) is 22.9. The zero-order valence-corrected chi connectivity index (χ0v) is 47.9. The summed E-state index contributed by atoms with van der Waals surface area (Å²) in [6.07, 6.45) is 48.9. The molecule has 436 valence electrons. The number of carbonyl (C=O) groups excluding carboxylic acids is 1. The number of amides is 1. The highest BCUT2D eigenvalue weighted by molar-refractivity contribution is 5.80. The molecule has 1 fully saturated rings. The van der Waals surface area contributed by atoms with Crippen LogP contribution in [0.15, 0.2) is 0 Å². The maximum Gasteiger partial charge on any atom is 0.249 e. The number of hydrogen-bond donors (Lipinski definition) is 8. The van der Waals surface area contributed by atoms with Crippen LogP contribution in [0.4, 0.5) is 0 Å². The van der Waals surface area contributed by atoms with Gasteiger partial charge in [-0.3, -0.25) is 4.79 Å². The molecule has 1 aliphatic heterocycles. The summed E-state index contributed by atoms with van der Waals surface area (Å²) in [4.78, 5) is 13.2. The number of rotatable bonds is 56. The van der Waals surface area contributed by atoms with E-state index in [0.717, 1.165) is 38.5 Å². The zero-order valence-electron chi connectivity index (χ0n) is 47.9. The van der Waals surface area contributed by atoms with Crippen molar-refractivity contribution in [3.8, 4) is 0 Å². The molecule has 73 heavy (non-hydrogen) atoms. The predicted molar refractivity (Wildman–Crippen MR) is 303 cm³/mol. The maximum absolute atomic E-state index is 13.2. The van der Waals surface area contributed by atoms with E-state index >= 15 is 0 Å². The van der Waals surface area contributed by atoms with E-state index in [-0.39, 0.29) is 6.42 Å². The number of aliphatic hydroxyl groups excluding tert-OH is 7. The van der Waals surface area contributed by atoms with Gasteiger partial charge >= 0.3 is 0 Å². The Morgan fingerprint density at radius 2 is 0.712 bits per heavy atom. The molecule has 0 aliphatic carbocycles. The molecule has 0 aromatic rings. The first kappa shape index (κ1) is 70.1. The molecule has 0 radical (unpaired) electrons. The van der Waals surface area contributed by atoms with Crippen LogP contribution in [-0.4, -0.2) is 110 Å². The Bertz CT molecular complexity index is 1150. The van der Waals surface area contributed by atoms with Crippen LogP contribution in [0.1, 0.15) is 322 Å². The van der Waals surface area contributed by atoms with Crippen LogP contribution < -0.4 is 5.32 Å². The van der Waals surface area contributed by atoms with Crippen LogP contribution in [0.5, 0.6) is 0 Å². The molecule has 0 aromatic carbocycles. The maximum atomic E-state index is 13.2. The van der Waals surface area contributed by atoms with Crippen molar-refractivity contribution in [3.63, 3.8) is 0 Å². The highest BCUT2D eigenvalue weighted by atomic mass is 16.7. The minimum atomic E-state index is -1.66. The molecule has 1 amide bonds. The van der Waals surface area contributed by atoms with Crippen molar-refractivity contribution in [2.24, 2.45) is 0 Å². The van der Waals surface area contributed by atoms with Gasteiger partial charge in [-0.05, 0) is 12.8 Å². The molecular weight excluding hydrogens is 919 g/mol. The Labute approximate surface area is 449 Å². The number of ether oxygens (including phenoxy) is 2. The van der Waals surface area contributed by atoms with Gasteiger partial charge < -0.3 is 50.5 Å². The van der Waals surface area contributed by atoms with Crippen LogP contribution in [0.2, 0.25) is 0 Å². The van der Waals surface area contributed by atoms with Crippen LogP contribution in [-0.2, 0) is 14.3 Å². The van der Waals surface area contributed by atoms with Crippen molar-refractivity contribution in [2.75, 3.05) is 13.2 Å². The number of unbranched alkanes of at least 4 members (excludes halogenated alkanes) is 44. The Balaban J connectivity index is 2.20. The van der Waals surface area contributed by atoms with E-state index in [1.807, 2.05) is 0 Å². The molecule has 9 atom stereocenters. The Hall–Kier alpha value is -0.890. The molecule has 11 nitrogen and oxygen atoms in total. The third-order valence-electron chi connectivity index (χ3n) is 15.9. The van der Waals surface area contributed by atoms with E-state index in [1.54, 1.807) is 0 Å². The van der Waals surface area contributed by atoms with Gasteiger partial charge in [0.25, 0.3) is 0 Å². The smallest absolute Gasteiger partial charge is 0.249 e. The van der Waals surface area contributed by atoms with Crippen molar-refractivity contribution >= 4 is 5.91 Å². The second kappa shape index (κ2) is 51.8. The average molecular weight is 1040 g/mol. The molecule has 9 unspecified atom stereocenters. The van der Waals surface area contributed by atoms with Crippen molar-refractivity contribution < 1.29 is 50.0 Å². The van der Waals surface area contributed by atoms with Gasteiger partial charge in [0.1, 0.15) is 36.6 Å². The zero-order chi connectivity index (χ0) is 53.3. The van der Waals surface area contributed by atoms with E-state index in [9.17, 15) is 40.5 Å². The molecule has 0 bridgehead atoms. The highest BCUT2D eigenvalue weighted by Crippen LogP contribution is 2.24. The highest BCUT2D eigenvalue weighted by Gasteiger charge is 2.44. The van der Waals surface area contributed by atoms with E-state index in [2.05, 4.69) is 19.2 Å². The molecule has 1 rings (SSSR count). The third kappa shape index (κ3) is 40.0. The van der Waals surface area contributed by atoms with Gasteiger partial charge in [0.15, 0.2) is 6.29 Å². The van der Waals surface area contributed by atoms with Crippen LogP contribution in [0, 0.1) is 0 Å². The topological polar surface area (TPSA) is 189 Å². The van der Waals surface area contributed by atoms with Gasteiger partial charge in [-0.2, -0.15) is 0 Å². The predicted octanol–water partition coefficient (Wildman–Crippen LogP) is 14.1. The van der Waals surface area contributed by atoms with Gasteiger partial charge in [-0.1, -0.05) is 309 Å². The fraction of sp³-hybridized carbons (Fsp3) is 0.984. The number of nitrogens with one attached hydrogen (secondary N) is 1. The molecule has 0 aromatic heterocycles. The summed E-state index contributed by atoms with van der Waals surface area (Å²) < 4.78 is 11.2. The van der Waals surface area contributed by atoms with E-state index in [1.165, 1.54) is 244 Å². The lowest BCUT2D eigenvalue weighted by Crippen LogP contribution is -2.60. The summed E-state index contributed by atoms with van der Waals surface area (Å²) in [7, 11) is 0. The van der Waals surface area contributed by atoms with Crippen molar-refractivity contribution in [1.29, 1.82) is 0 Å². The summed E-state index contributed by atoms with van der Waals surface area (Å²) in [6.45, 7) is 3.51. The lowest BCUT2D eigenvalue weighted by molar-refractivity contribution is -0.303. The molecular formula is C62H123NO10. The van der Waals surface area contributed by atoms with Crippen LogP contribution in [0.25, 0.3) is 0 Å². The minimum Gasteiger partial charge on any atom is -0.394 e. The number of carbonyl (C=O) groups is 1. The first-order chi connectivity index (χ1) is 35.7. The standard InChI is InChI=1S/C62H123NO10/c1-3-5-7-9-11-13-15-17-19-21-22-23-24-25-26-27-28-29-30-31-32-34-36-38-40-42-44-46-48-50-55(66)61(71)63-53(52-72-62-60(70)59(69)58(68)56(51-64)73-62)57(67)54(65)49-47-45-43-41-39-37-35-33-20-18-16-14-12-10-8-6-4-2/h53-60,62,64-70H,3-52H2,1-2H3,(H,63,71). The van der Waals surface area contributed by atoms with Gasteiger partial charge in [0.2, 0.25) is 5.91 Å². The molecule has 1 heterocycles. The normalized spacial score (nSPS) is 19.8. The summed E-state index contributed by atoms with van der Waals surface area (Å²) in [5.74, 6) is -0.688. The molecule has 8 N–H and O–H groups in total. The van der Waals surface area contributed by atoms with Gasteiger partial charge in [0.05, 0.1) is 25.4 Å². The molecule has 0 saturated carbocycles. The molecule has 1 saturated heterocycles. The molecule has 11 heteroatoms. The summed E-state index contributed by atoms with van der Waals surface area (Å²) in [6, 6.07) is -1.16. The lowest BCUT2D eigenvalue weighted by Gasteiger charge is -2.40. The second-order valence-corrected chi connectivity index (χ2v) is 22.9. The Morgan fingerprint density at radius 1 is 0.425 bits per heavy atom. The minimum absolute atomic E-state index is 0.267. The molecule has 0 spiro atoms. The molecule has 1 aliphatic rings. The third-order valence-corrected chi connectivity index (χ3v) is 15.9. The Kier molecular flexibility index (Phi) is 49.8. The Morgan fingerprint density at radius 3 is 1.01 bits per heavy atom. The summed E-state index contributed by atoms with van der Waals surface area (Å²) in [5.41, 5.74) is 0. The fourth-order valence-corrected chi connectivity index (χ4v) is 10.7. The van der Waals surface area contributed by atoms with E-state index in [4.69, 9.17) is 9.47 Å². The van der Waals surface area contributed by atoms with Gasteiger partial charge in [0, 0.05) is 0 Å². The number of aliphatic hydroxyl groups is 7. The van der Waals surface area contributed by atoms with E-state index in [0.29, 0.717) is 19.3 Å². The number of hydrogen-bond acceptors (Lipinski definition) is 10. The lowest BCUT2D eigenvalue weighted by atomic mass is 9.98. The fourth-order valence-electron chi connectivity index (χ4n) is 10.7. The monoisotopic (exact) mass is 1040 g/mol. The first-order valence-corrected chi connectivity index (χ1v) is 31.9. The first-order valence-electron chi connectivity index (χ1n) is 31.9. The van der Waals surface area contributed by atoms with E-state index < -0.39 is 74.2 Å². The van der Waals surface area contributed by atoms with Crippen LogP contribution in [0.3, 0.4) is 0 Å². The average Bonchev–Trinajstić information content (AvgIpc) is 3.39. The largest absolute Gasteiger partial charge is 0.394 e. The van der Waals surface area contributed by atoms with Gasteiger partial charge in [-0.25, -0.2) is 0 Å². The van der Waals surface area contributed by atoms with Crippen LogP contribution >= 0.6 is 0 Å². The SMILES string of the molecule is CCCCCCCCCCCCCCCCCCCCCCCCCCCCCCCC(O)C(=O)NC(COC1OC(CO)C(O)C(O)C1O)C(O)C(O)CCCCCCCCCCCCCCCCCCC. The summed E-state index contributed by atoms with van der Waals surface area (Å²) >= 11 is 0. The summed E-state index contributed by atoms with van der Waals surface area (Å²) in [5, 5.41) is 76.3. The van der Waals surface area contributed by atoms with Crippen molar-refractivity contribution in [2.45, 2.75) is 377 Å².